The third-order valence-electron chi connectivity index (χ3n) is 6.14. The second-order valence-corrected chi connectivity index (χ2v) is 8.05. The first-order chi connectivity index (χ1) is 12.5. The number of benzene rings is 1. The number of hydrogen-bond donors (Lipinski definition) is 2. The van der Waals surface area contributed by atoms with Crippen LogP contribution in [0.2, 0.25) is 0 Å². The molecule has 2 aromatic rings. The highest BCUT2D eigenvalue weighted by Gasteiger charge is 2.46. The van der Waals surface area contributed by atoms with E-state index in [0.29, 0.717) is 6.42 Å². The predicted molar refractivity (Wildman–Crippen MR) is 103 cm³/mol. The molecule has 4 rings (SSSR count). The minimum atomic E-state index is -0.0271. The third kappa shape index (κ3) is 3.51. The molecule has 26 heavy (non-hydrogen) atoms. The maximum atomic E-state index is 12.5. The lowest BCUT2D eigenvalue weighted by molar-refractivity contribution is -0.122. The number of nitrogens with one attached hydrogen (secondary N) is 2. The van der Waals surface area contributed by atoms with E-state index in [-0.39, 0.29) is 23.7 Å². The molecule has 5 heteroatoms. The average Bonchev–Trinajstić information content (AvgIpc) is 3.18. The molecule has 2 atom stereocenters. The molecule has 0 saturated carbocycles. The Labute approximate surface area is 155 Å². The van der Waals surface area contributed by atoms with Crippen molar-refractivity contribution < 1.29 is 9.53 Å². The number of fused-ring (bicyclic) bond motifs is 1. The van der Waals surface area contributed by atoms with Crippen molar-refractivity contribution in [2.75, 3.05) is 20.1 Å². The predicted octanol–water partition coefficient (Wildman–Crippen LogP) is 2.86. The maximum Gasteiger partial charge on any atom is 0.220 e. The Kier molecular flexibility index (Phi) is 4.76. The van der Waals surface area contributed by atoms with Gasteiger partial charge in [-0.15, -0.1) is 0 Å². The summed E-state index contributed by atoms with van der Waals surface area (Å²) in [6, 6.07) is 8.37. The van der Waals surface area contributed by atoms with Gasteiger partial charge < -0.3 is 19.9 Å². The van der Waals surface area contributed by atoms with Crippen LogP contribution in [0.15, 0.2) is 30.5 Å². The highest BCUT2D eigenvalue weighted by molar-refractivity contribution is 5.84. The lowest BCUT2D eigenvalue weighted by Crippen LogP contribution is -2.43. The highest BCUT2D eigenvalue weighted by atomic mass is 16.5. The largest absolute Gasteiger partial charge is 0.370 e. The first-order valence-electron chi connectivity index (χ1n) is 9.75. The van der Waals surface area contributed by atoms with Crippen LogP contribution in [0.3, 0.4) is 0 Å². The zero-order chi connectivity index (χ0) is 18.1. The van der Waals surface area contributed by atoms with Crippen molar-refractivity contribution in [1.82, 2.24) is 15.2 Å². The number of hydrogen-bond acceptors (Lipinski definition) is 3. The maximum absolute atomic E-state index is 12.5. The number of amides is 1. The molecular weight excluding hydrogens is 326 g/mol. The number of likely N-dealkylation sites (tertiary alicyclic amines) is 1. The molecule has 0 radical (unpaired) electrons. The fourth-order valence-corrected chi connectivity index (χ4v) is 4.47. The van der Waals surface area contributed by atoms with E-state index in [1.165, 1.54) is 10.9 Å². The molecule has 1 spiro atoms. The smallest absolute Gasteiger partial charge is 0.220 e. The molecule has 3 heterocycles. The number of carbonyl (C=O) groups excluding carboxylic acids is 1. The Bertz CT molecular complexity index is 776. The van der Waals surface area contributed by atoms with Gasteiger partial charge in [0.25, 0.3) is 0 Å². The molecule has 5 nitrogen and oxygen atoms in total. The Morgan fingerprint density at radius 3 is 2.92 bits per heavy atom. The summed E-state index contributed by atoms with van der Waals surface area (Å²) in [4.78, 5) is 18.1. The molecular formula is C21H29N3O2. The number of aryl methyl sites for hydroxylation is 1. The topological polar surface area (TPSA) is 57.4 Å². The number of aromatic amines is 1. The molecule has 2 unspecified atom stereocenters. The zero-order valence-electron chi connectivity index (χ0n) is 15.8. The van der Waals surface area contributed by atoms with Crippen molar-refractivity contribution in [3.05, 3.63) is 36.0 Å². The molecule has 2 fully saturated rings. The first kappa shape index (κ1) is 17.6. The van der Waals surface area contributed by atoms with E-state index in [4.69, 9.17) is 4.74 Å². The van der Waals surface area contributed by atoms with E-state index >= 15 is 0 Å². The van der Waals surface area contributed by atoms with Gasteiger partial charge in [-0.25, -0.2) is 0 Å². The van der Waals surface area contributed by atoms with Crippen LogP contribution in [0.4, 0.5) is 0 Å². The SMILES string of the molecule is CC1OC2(CCN(C)CC2)CC1NC(=O)CCc1c[nH]c2ccccc12. The molecule has 0 aliphatic carbocycles. The number of H-pyrrole nitrogens is 1. The van der Waals surface area contributed by atoms with Gasteiger partial charge in [0.2, 0.25) is 5.91 Å². The van der Waals surface area contributed by atoms with Crippen molar-refractivity contribution in [3.8, 4) is 0 Å². The molecule has 140 valence electrons. The Hall–Kier alpha value is -1.85. The van der Waals surface area contributed by atoms with E-state index in [1.807, 2.05) is 18.3 Å². The molecule has 2 aliphatic heterocycles. The van der Waals surface area contributed by atoms with Crippen LogP contribution < -0.4 is 5.32 Å². The molecule has 2 saturated heterocycles. The number of nitrogens with zero attached hydrogens (tertiary/aromatic N) is 1. The minimum absolute atomic E-state index is 0.0271. The van der Waals surface area contributed by atoms with Crippen LogP contribution in [0.25, 0.3) is 10.9 Å². The fraction of sp³-hybridized carbons (Fsp3) is 0.571. The second kappa shape index (κ2) is 7.05. The molecule has 1 aromatic heterocycles. The van der Waals surface area contributed by atoms with Crippen molar-refractivity contribution in [3.63, 3.8) is 0 Å². The van der Waals surface area contributed by atoms with Gasteiger partial charge in [-0.05, 0) is 51.3 Å². The Morgan fingerprint density at radius 1 is 1.35 bits per heavy atom. The summed E-state index contributed by atoms with van der Waals surface area (Å²) in [5, 5.41) is 4.45. The standard InChI is InChI=1S/C21H29N3O2/c1-15-19(13-21(26-15)9-11-24(2)12-10-21)23-20(25)8-7-16-14-22-18-6-4-3-5-17(16)18/h3-6,14-15,19,22H,7-13H2,1-2H3,(H,23,25). The van der Waals surface area contributed by atoms with Gasteiger partial charge in [0, 0.05) is 36.6 Å². The van der Waals surface area contributed by atoms with Crippen LogP contribution in [0.1, 0.15) is 38.2 Å². The van der Waals surface area contributed by atoms with Crippen LogP contribution in [-0.2, 0) is 16.0 Å². The lowest BCUT2D eigenvalue weighted by Gasteiger charge is -2.37. The van der Waals surface area contributed by atoms with Crippen molar-refractivity contribution in [2.45, 2.75) is 56.8 Å². The number of aromatic nitrogens is 1. The van der Waals surface area contributed by atoms with Crippen LogP contribution in [-0.4, -0.2) is 53.7 Å². The van der Waals surface area contributed by atoms with E-state index in [2.05, 4.69) is 41.3 Å². The quantitative estimate of drug-likeness (QED) is 0.887. The van der Waals surface area contributed by atoms with E-state index in [1.54, 1.807) is 0 Å². The van der Waals surface area contributed by atoms with Crippen LogP contribution >= 0.6 is 0 Å². The second-order valence-electron chi connectivity index (χ2n) is 8.05. The summed E-state index contributed by atoms with van der Waals surface area (Å²) in [5.41, 5.74) is 2.31. The number of ether oxygens (including phenoxy) is 1. The monoisotopic (exact) mass is 355 g/mol. The summed E-state index contributed by atoms with van der Waals surface area (Å²) in [7, 11) is 2.16. The number of carbonyl (C=O) groups is 1. The summed E-state index contributed by atoms with van der Waals surface area (Å²) in [5.74, 6) is 0.126. The van der Waals surface area contributed by atoms with Gasteiger partial charge in [0.1, 0.15) is 0 Å². The first-order valence-corrected chi connectivity index (χ1v) is 9.75. The van der Waals surface area contributed by atoms with Crippen LogP contribution in [0.5, 0.6) is 0 Å². The third-order valence-corrected chi connectivity index (χ3v) is 6.14. The Balaban J connectivity index is 1.32. The van der Waals surface area contributed by atoms with E-state index < -0.39 is 0 Å². The lowest BCUT2D eigenvalue weighted by atomic mass is 9.87. The molecule has 2 aliphatic rings. The van der Waals surface area contributed by atoms with E-state index in [9.17, 15) is 4.79 Å². The fourth-order valence-electron chi connectivity index (χ4n) is 4.47. The summed E-state index contributed by atoms with van der Waals surface area (Å²) in [6.45, 7) is 4.25. The molecule has 1 aromatic carbocycles. The van der Waals surface area contributed by atoms with Crippen LogP contribution in [0, 0.1) is 0 Å². The van der Waals surface area contributed by atoms with Gasteiger partial charge in [-0.1, -0.05) is 18.2 Å². The number of rotatable bonds is 4. The summed E-state index contributed by atoms with van der Waals surface area (Å²) >= 11 is 0. The van der Waals surface area contributed by atoms with Gasteiger partial charge in [-0.3, -0.25) is 4.79 Å². The van der Waals surface area contributed by atoms with Crippen molar-refractivity contribution in [2.24, 2.45) is 0 Å². The summed E-state index contributed by atoms with van der Waals surface area (Å²) in [6.07, 6.45) is 6.46. The van der Waals surface area contributed by atoms with Gasteiger partial charge in [0.15, 0.2) is 0 Å². The normalized spacial score (nSPS) is 25.8. The van der Waals surface area contributed by atoms with Gasteiger partial charge in [0.05, 0.1) is 17.7 Å². The number of para-hydroxylation sites is 1. The summed E-state index contributed by atoms with van der Waals surface area (Å²) < 4.78 is 6.31. The van der Waals surface area contributed by atoms with Crippen molar-refractivity contribution in [1.29, 1.82) is 0 Å². The highest BCUT2D eigenvalue weighted by Crippen LogP contribution is 2.38. The molecule has 1 amide bonds. The van der Waals surface area contributed by atoms with Gasteiger partial charge >= 0.3 is 0 Å². The van der Waals surface area contributed by atoms with Gasteiger partial charge in [-0.2, -0.15) is 0 Å². The minimum Gasteiger partial charge on any atom is -0.370 e. The van der Waals surface area contributed by atoms with Crippen molar-refractivity contribution >= 4 is 16.8 Å². The number of piperidine rings is 1. The molecule has 2 N–H and O–H groups in total. The zero-order valence-corrected chi connectivity index (χ0v) is 15.8. The Morgan fingerprint density at radius 2 is 2.12 bits per heavy atom. The van der Waals surface area contributed by atoms with E-state index in [0.717, 1.165) is 44.3 Å². The average molecular weight is 355 g/mol. The molecule has 0 bridgehead atoms.